The van der Waals surface area contributed by atoms with Gasteiger partial charge in [-0.05, 0) is 53.8 Å². The maximum atomic E-state index is 13.8. The summed E-state index contributed by atoms with van der Waals surface area (Å²) in [6, 6.07) is 18.0. The fourth-order valence-corrected chi connectivity index (χ4v) is 4.93. The van der Waals surface area contributed by atoms with E-state index in [1.54, 1.807) is 0 Å². The zero-order valence-electron chi connectivity index (χ0n) is 21.1. The van der Waals surface area contributed by atoms with Crippen LogP contribution in [0.3, 0.4) is 0 Å². The smallest absolute Gasteiger partial charge is 0.256 e. The number of oxazole rings is 1. The van der Waals surface area contributed by atoms with E-state index in [1.165, 1.54) is 29.5 Å². The number of rotatable bonds is 13. The monoisotopic (exact) mass is 539 g/mol. The van der Waals surface area contributed by atoms with Gasteiger partial charge in [-0.3, -0.25) is 4.79 Å². The molecule has 2 atom stereocenters. The topological polar surface area (TPSA) is 87.4 Å². The molecule has 4 aromatic rings. The van der Waals surface area contributed by atoms with Crippen molar-refractivity contribution in [3.8, 4) is 0 Å². The third kappa shape index (κ3) is 8.11. The molecule has 6 nitrogen and oxygen atoms in total. The van der Waals surface area contributed by atoms with E-state index in [1.807, 2.05) is 36.4 Å². The van der Waals surface area contributed by atoms with Gasteiger partial charge in [0.05, 0.1) is 12.1 Å². The first-order chi connectivity index (χ1) is 18.4. The van der Waals surface area contributed by atoms with Crippen LogP contribution in [-0.4, -0.2) is 40.4 Å². The van der Waals surface area contributed by atoms with E-state index in [4.69, 9.17) is 4.42 Å². The summed E-state index contributed by atoms with van der Waals surface area (Å²) >= 11 is 1.32. The minimum atomic E-state index is -0.982. The number of hydrogen-bond acceptors (Lipinski definition) is 6. The molecule has 0 bridgehead atoms. The second-order valence-corrected chi connectivity index (χ2v) is 10.1. The van der Waals surface area contributed by atoms with Gasteiger partial charge >= 0.3 is 0 Å². The van der Waals surface area contributed by atoms with E-state index in [-0.39, 0.29) is 25.3 Å². The summed E-state index contributed by atoms with van der Waals surface area (Å²) in [7, 11) is 0. The molecule has 0 spiro atoms. The number of amides is 1. The highest BCUT2D eigenvalue weighted by Gasteiger charge is 2.22. The molecular formula is C29H31F2N3O3S. The Labute approximate surface area is 224 Å². The van der Waals surface area contributed by atoms with Crippen molar-refractivity contribution in [2.75, 3.05) is 12.3 Å². The Morgan fingerprint density at radius 3 is 2.55 bits per heavy atom. The minimum Gasteiger partial charge on any atom is -0.431 e. The van der Waals surface area contributed by atoms with Gasteiger partial charge in [0.2, 0.25) is 5.91 Å². The maximum absolute atomic E-state index is 13.8. The number of aryl methyl sites for hydroxylation is 1. The number of carbonyl (C=O) groups is 1. The highest BCUT2D eigenvalue weighted by molar-refractivity contribution is 7.99. The number of carbonyl (C=O) groups excluding carboxylic acids is 1. The average molecular weight is 540 g/mol. The lowest BCUT2D eigenvalue weighted by molar-refractivity contribution is -0.122. The number of fused-ring (bicyclic) bond motifs is 1. The van der Waals surface area contributed by atoms with Crippen LogP contribution < -0.4 is 10.6 Å². The molecule has 1 amide bonds. The summed E-state index contributed by atoms with van der Waals surface area (Å²) in [6.45, 7) is 2.82. The zero-order chi connectivity index (χ0) is 26.9. The summed E-state index contributed by atoms with van der Waals surface area (Å²) in [5, 5.41) is 17.5. The van der Waals surface area contributed by atoms with Crippen LogP contribution >= 0.6 is 11.8 Å². The first-order valence-corrected chi connectivity index (χ1v) is 13.6. The van der Waals surface area contributed by atoms with E-state index in [2.05, 4.69) is 34.7 Å². The van der Waals surface area contributed by atoms with Crippen LogP contribution in [0, 0.1) is 11.6 Å². The van der Waals surface area contributed by atoms with Gasteiger partial charge in [-0.2, -0.15) is 0 Å². The zero-order valence-corrected chi connectivity index (χ0v) is 21.9. The largest absolute Gasteiger partial charge is 0.431 e. The van der Waals surface area contributed by atoms with Gasteiger partial charge in [0.1, 0.15) is 17.2 Å². The van der Waals surface area contributed by atoms with Crippen molar-refractivity contribution in [1.29, 1.82) is 0 Å². The van der Waals surface area contributed by atoms with Crippen molar-refractivity contribution >= 4 is 28.8 Å². The quantitative estimate of drug-likeness (QED) is 0.207. The molecule has 4 rings (SSSR count). The van der Waals surface area contributed by atoms with Gasteiger partial charge in [-0.1, -0.05) is 55.1 Å². The molecule has 0 radical (unpaired) electrons. The average Bonchev–Trinajstić information content (AvgIpc) is 3.30. The van der Waals surface area contributed by atoms with E-state index in [0.29, 0.717) is 28.7 Å². The predicted octanol–water partition coefficient (Wildman–Crippen LogP) is 5.03. The van der Waals surface area contributed by atoms with E-state index >= 15 is 0 Å². The summed E-state index contributed by atoms with van der Waals surface area (Å²) in [5.74, 6) is -1.28. The second kappa shape index (κ2) is 13.5. The number of halogens is 2. The molecule has 3 aromatic carbocycles. The number of benzene rings is 3. The Balaban J connectivity index is 1.34. The number of aliphatic hydroxyl groups is 1. The highest BCUT2D eigenvalue weighted by Crippen LogP contribution is 2.23. The van der Waals surface area contributed by atoms with Crippen molar-refractivity contribution in [2.45, 2.75) is 50.1 Å². The number of nitrogens with zero attached hydrogens (tertiary/aromatic N) is 1. The maximum Gasteiger partial charge on any atom is 0.256 e. The van der Waals surface area contributed by atoms with Crippen LogP contribution in [0.25, 0.3) is 11.1 Å². The lowest BCUT2D eigenvalue weighted by Gasteiger charge is -2.25. The molecule has 0 aliphatic carbocycles. The number of aromatic nitrogens is 1. The van der Waals surface area contributed by atoms with E-state index in [9.17, 15) is 18.7 Å². The molecule has 9 heteroatoms. The van der Waals surface area contributed by atoms with Gasteiger partial charge < -0.3 is 20.2 Å². The third-order valence-electron chi connectivity index (χ3n) is 6.10. The Kier molecular flexibility index (Phi) is 9.86. The molecule has 0 aliphatic rings. The molecule has 38 heavy (non-hydrogen) atoms. The van der Waals surface area contributed by atoms with Gasteiger partial charge in [-0.25, -0.2) is 13.8 Å². The molecule has 3 N–H and O–H groups in total. The van der Waals surface area contributed by atoms with Crippen LogP contribution in [0.1, 0.15) is 30.0 Å². The second-order valence-electron chi connectivity index (χ2n) is 9.07. The fraction of sp³-hybridized carbons (Fsp3) is 0.310. The lowest BCUT2D eigenvalue weighted by atomic mass is 10.0. The molecule has 1 aromatic heterocycles. The van der Waals surface area contributed by atoms with Crippen molar-refractivity contribution in [3.05, 3.63) is 95.1 Å². The number of para-hydroxylation sites is 2. The Morgan fingerprint density at radius 1 is 1.03 bits per heavy atom. The molecular weight excluding hydrogens is 508 g/mol. The van der Waals surface area contributed by atoms with E-state index in [0.717, 1.165) is 23.6 Å². The summed E-state index contributed by atoms with van der Waals surface area (Å²) in [4.78, 5) is 17.1. The molecule has 0 saturated carbocycles. The SMILES string of the molecule is CCc1cccc(CNCC(O)C(Cc2cc(F)cc(F)c2)NC(=O)CCSc2nc3ccccc3o2)c1. The van der Waals surface area contributed by atoms with Crippen molar-refractivity contribution in [3.63, 3.8) is 0 Å². The summed E-state index contributed by atoms with van der Waals surface area (Å²) < 4.78 is 33.2. The molecule has 0 aliphatic heterocycles. The van der Waals surface area contributed by atoms with Crippen molar-refractivity contribution in [1.82, 2.24) is 15.6 Å². The van der Waals surface area contributed by atoms with Crippen LogP contribution in [-0.2, 0) is 24.2 Å². The third-order valence-corrected chi connectivity index (χ3v) is 6.93. The Hall–Kier alpha value is -3.27. The number of nitrogens with one attached hydrogen (secondary N) is 2. The number of aliphatic hydroxyl groups excluding tert-OH is 1. The van der Waals surface area contributed by atoms with Gasteiger partial charge in [0.25, 0.3) is 5.22 Å². The Bertz CT molecular complexity index is 1310. The Morgan fingerprint density at radius 2 is 1.79 bits per heavy atom. The molecule has 200 valence electrons. The first kappa shape index (κ1) is 27.8. The lowest BCUT2D eigenvalue weighted by Crippen LogP contribution is -2.48. The molecule has 1 heterocycles. The van der Waals surface area contributed by atoms with Gasteiger partial charge in [0.15, 0.2) is 5.58 Å². The van der Waals surface area contributed by atoms with Crippen LogP contribution in [0.2, 0.25) is 0 Å². The predicted molar refractivity (Wildman–Crippen MR) is 145 cm³/mol. The standard InChI is InChI=1S/C29H31F2N3O3S/c1-2-19-6-5-7-20(12-19)17-32-18-26(35)25(15-21-13-22(30)16-23(31)14-21)33-28(36)10-11-38-29-34-24-8-3-4-9-27(24)37-29/h3-9,12-14,16,25-26,32,35H,2,10-11,15,17-18H2,1H3,(H,33,36). The summed E-state index contributed by atoms with van der Waals surface area (Å²) in [6.07, 6.45) is 0.178. The van der Waals surface area contributed by atoms with Crippen molar-refractivity contribution < 1.29 is 23.1 Å². The van der Waals surface area contributed by atoms with Gasteiger partial charge in [0, 0.05) is 31.3 Å². The van der Waals surface area contributed by atoms with Crippen LogP contribution in [0.4, 0.5) is 8.78 Å². The normalized spacial score (nSPS) is 12.9. The minimum absolute atomic E-state index is 0.0762. The number of thioether (sulfide) groups is 1. The highest BCUT2D eigenvalue weighted by atomic mass is 32.2. The van der Waals surface area contributed by atoms with Crippen molar-refractivity contribution in [2.24, 2.45) is 0 Å². The van der Waals surface area contributed by atoms with Crippen LogP contribution in [0.15, 0.2) is 76.4 Å². The summed E-state index contributed by atoms with van der Waals surface area (Å²) in [5.41, 5.74) is 4.08. The van der Waals surface area contributed by atoms with Gasteiger partial charge in [-0.15, -0.1) is 0 Å². The molecule has 2 unspecified atom stereocenters. The van der Waals surface area contributed by atoms with Crippen LogP contribution in [0.5, 0.6) is 0 Å². The van der Waals surface area contributed by atoms with E-state index < -0.39 is 23.8 Å². The fourth-order valence-electron chi connectivity index (χ4n) is 4.15. The first-order valence-electron chi connectivity index (χ1n) is 12.6. The molecule has 0 fully saturated rings. The number of hydrogen-bond donors (Lipinski definition) is 3. The molecule has 0 saturated heterocycles.